The van der Waals surface area contributed by atoms with Crippen molar-refractivity contribution in [1.82, 2.24) is 4.98 Å². The number of hydrogen-bond acceptors (Lipinski definition) is 5. The fourth-order valence-electron chi connectivity index (χ4n) is 3.42. The molecular weight excluding hydrogens is 375 g/mol. The molecule has 0 amide bonds. The Bertz CT molecular complexity index is 1090. The molecule has 1 heterocycles. The molecule has 2 unspecified atom stereocenters. The predicted molar refractivity (Wildman–Crippen MR) is 110 cm³/mol. The monoisotopic (exact) mass is 394 g/mol. The maximum Gasteiger partial charge on any atom is 0.340 e. The zero-order valence-corrected chi connectivity index (χ0v) is 16.3. The lowest BCUT2D eigenvalue weighted by atomic mass is 9.80. The van der Waals surface area contributed by atoms with Crippen LogP contribution in [0.1, 0.15) is 18.4 Å². The Kier molecular flexibility index (Phi) is 4.73. The summed E-state index contributed by atoms with van der Waals surface area (Å²) < 4.78 is 19.3. The van der Waals surface area contributed by atoms with Crippen molar-refractivity contribution in [2.24, 2.45) is 0 Å². The first-order valence-corrected chi connectivity index (χ1v) is 9.69. The smallest absolute Gasteiger partial charge is 0.340 e. The number of aromatic nitrogens is 1. The molecule has 4 nitrogen and oxygen atoms in total. The highest BCUT2D eigenvalue weighted by Gasteiger charge is 2.42. The van der Waals surface area contributed by atoms with Gasteiger partial charge in [-0.15, -0.1) is 0 Å². The molecule has 3 aromatic rings. The molecule has 0 saturated heterocycles. The molecule has 6 heteroatoms. The predicted octanol–water partition coefficient (Wildman–Crippen LogP) is 5.06. The first-order valence-electron chi connectivity index (χ1n) is 8.88. The Labute approximate surface area is 166 Å². The summed E-state index contributed by atoms with van der Waals surface area (Å²) >= 11 is 1.30. The molecular formula is C22H19FN2O2S. The third-order valence-corrected chi connectivity index (χ3v) is 5.89. The summed E-state index contributed by atoms with van der Waals surface area (Å²) in [4.78, 5) is 17.2. The van der Waals surface area contributed by atoms with Gasteiger partial charge < -0.3 is 10.1 Å². The van der Waals surface area contributed by atoms with E-state index in [2.05, 4.69) is 22.4 Å². The molecule has 28 heavy (non-hydrogen) atoms. The van der Waals surface area contributed by atoms with Crippen molar-refractivity contribution in [2.45, 2.75) is 18.4 Å². The Hall–Kier alpha value is -2.99. The minimum atomic E-state index is -1.15. The number of carbonyl (C=O) groups excluding carboxylic acids is 1. The van der Waals surface area contributed by atoms with E-state index in [-0.39, 0.29) is 11.7 Å². The molecule has 0 saturated carbocycles. The average Bonchev–Trinajstić information content (AvgIpc) is 3.10. The number of anilines is 1. The fourth-order valence-corrected chi connectivity index (χ4v) is 4.37. The summed E-state index contributed by atoms with van der Waals surface area (Å²) in [5.74, 6) is -0.663. The molecule has 0 aliphatic heterocycles. The number of ether oxygens (including phenoxy) is 1. The lowest BCUT2D eigenvalue weighted by Crippen LogP contribution is -2.47. The molecule has 1 N–H and O–H groups in total. The van der Waals surface area contributed by atoms with Crippen LogP contribution in [0.25, 0.3) is 10.2 Å². The highest BCUT2D eigenvalue weighted by atomic mass is 32.1. The maximum atomic E-state index is 13.5. The van der Waals surface area contributed by atoms with Crippen LogP contribution in [0, 0.1) is 5.82 Å². The zero-order valence-electron chi connectivity index (χ0n) is 15.5. The topological polar surface area (TPSA) is 51.2 Å². The van der Waals surface area contributed by atoms with Gasteiger partial charge in [0.1, 0.15) is 5.82 Å². The van der Waals surface area contributed by atoms with Gasteiger partial charge in [0.15, 0.2) is 10.7 Å². The minimum absolute atomic E-state index is 0.0743. The van der Waals surface area contributed by atoms with Gasteiger partial charge in [-0.3, -0.25) is 0 Å². The number of nitrogens with one attached hydrogen (secondary N) is 1. The largest absolute Gasteiger partial charge is 0.467 e. The van der Waals surface area contributed by atoms with Gasteiger partial charge in [-0.25, -0.2) is 14.2 Å². The van der Waals surface area contributed by atoms with E-state index < -0.39 is 11.5 Å². The van der Waals surface area contributed by atoms with Gasteiger partial charge >= 0.3 is 5.97 Å². The molecule has 1 aliphatic carbocycles. The van der Waals surface area contributed by atoms with E-state index in [1.165, 1.54) is 30.6 Å². The maximum absolute atomic E-state index is 13.5. The van der Waals surface area contributed by atoms with Crippen molar-refractivity contribution in [1.29, 1.82) is 0 Å². The third kappa shape index (κ3) is 3.20. The van der Waals surface area contributed by atoms with Crippen LogP contribution < -0.4 is 5.32 Å². The van der Waals surface area contributed by atoms with Crippen LogP contribution in [0.5, 0.6) is 0 Å². The van der Waals surface area contributed by atoms with Crippen LogP contribution in [-0.2, 0) is 9.53 Å². The first kappa shape index (κ1) is 18.4. The lowest BCUT2D eigenvalue weighted by Gasteiger charge is -2.33. The van der Waals surface area contributed by atoms with E-state index in [0.29, 0.717) is 15.3 Å². The van der Waals surface area contributed by atoms with Crippen molar-refractivity contribution in [3.05, 3.63) is 83.7 Å². The number of allylic oxidation sites excluding steroid dienone is 2. The number of nitrogens with zero attached hydrogens (tertiary/aromatic N) is 1. The van der Waals surface area contributed by atoms with Crippen LogP contribution in [0.2, 0.25) is 0 Å². The van der Waals surface area contributed by atoms with Crippen molar-refractivity contribution in [2.75, 3.05) is 12.4 Å². The number of benzene rings is 2. The van der Waals surface area contributed by atoms with Gasteiger partial charge in [0.05, 0.1) is 17.3 Å². The van der Waals surface area contributed by atoms with Crippen LogP contribution in [0.15, 0.2) is 72.3 Å². The molecule has 1 aromatic heterocycles. The molecule has 0 spiro atoms. The molecule has 0 bridgehead atoms. The summed E-state index contributed by atoms with van der Waals surface area (Å²) in [6, 6.07) is 14.5. The first-order chi connectivity index (χ1) is 13.5. The normalized spacial score (nSPS) is 21.4. The van der Waals surface area contributed by atoms with Gasteiger partial charge in [-0.2, -0.15) is 0 Å². The fraction of sp³-hybridized carbons (Fsp3) is 0.182. The second kappa shape index (κ2) is 7.20. The van der Waals surface area contributed by atoms with E-state index in [1.807, 2.05) is 43.4 Å². The molecule has 0 radical (unpaired) electrons. The van der Waals surface area contributed by atoms with Gasteiger partial charge in [0, 0.05) is 5.92 Å². The van der Waals surface area contributed by atoms with Gasteiger partial charge in [0.25, 0.3) is 0 Å². The number of esters is 1. The van der Waals surface area contributed by atoms with E-state index >= 15 is 0 Å². The molecule has 0 fully saturated rings. The van der Waals surface area contributed by atoms with Crippen LogP contribution in [0.4, 0.5) is 9.52 Å². The SMILES string of the molecule is COC(=O)C1(Nc2nc3ccc(F)cc3s2)C=CC(c2ccccc2)C=C1C. The van der Waals surface area contributed by atoms with Crippen molar-refractivity contribution in [3.8, 4) is 0 Å². The summed E-state index contributed by atoms with van der Waals surface area (Å²) in [5, 5.41) is 3.76. The average molecular weight is 394 g/mol. The van der Waals surface area contributed by atoms with Crippen LogP contribution in [-0.4, -0.2) is 23.6 Å². The van der Waals surface area contributed by atoms with E-state index in [0.717, 1.165) is 11.1 Å². The molecule has 1 aliphatic rings. The van der Waals surface area contributed by atoms with Crippen LogP contribution >= 0.6 is 11.3 Å². The van der Waals surface area contributed by atoms with Gasteiger partial charge in [-0.1, -0.05) is 53.8 Å². The highest BCUT2D eigenvalue weighted by molar-refractivity contribution is 7.22. The lowest BCUT2D eigenvalue weighted by molar-refractivity contribution is -0.143. The summed E-state index contributed by atoms with van der Waals surface area (Å²) in [6.07, 6.45) is 5.87. The number of fused-ring (bicyclic) bond motifs is 1. The van der Waals surface area contributed by atoms with E-state index in [4.69, 9.17) is 4.74 Å². The number of rotatable bonds is 4. The number of carbonyl (C=O) groups is 1. The number of hydrogen-bond donors (Lipinski definition) is 1. The van der Waals surface area contributed by atoms with E-state index in [9.17, 15) is 9.18 Å². The minimum Gasteiger partial charge on any atom is -0.467 e. The molecule has 4 rings (SSSR count). The summed E-state index contributed by atoms with van der Waals surface area (Å²) in [7, 11) is 1.36. The molecule has 2 atom stereocenters. The number of methoxy groups -OCH3 is 1. The molecule has 2 aromatic carbocycles. The Morgan fingerprint density at radius 1 is 1.25 bits per heavy atom. The van der Waals surface area contributed by atoms with Crippen molar-refractivity contribution < 1.29 is 13.9 Å². The number of halogens is 1. The number of thiazole rings is 1. The standard InChI is InChI=1S/C22H19FN2O2S/c1-14-12-16(15-6-4-3-5-7-15)10-11-22(14,20(26)27-2)25-21-24-18-9-8-17(23)13-19(18)28-21/h3-13,16H,1-2H3,(H,24,25). The highest BCUT2D eigenvalue weighted by Crippen LogP contribution is 2.37. The Balaban J connectivity index is 1.71. The van der Waals surface area contributed by atoms with Gasteiger partial charge in [0.2, 0.25) is 0 Å². The van der Waals surface area contributed by atoms with Gasteiger partial charge in [-0.05, 0) is 42.3 Å². The Morgan fingerprint density at radius 2 is 2.04 bits per heavy atom. The van der Waals surface area contributed by atoms with Crippen molar-refractivity contribution in [3.63, 3.8) is 0 Å². The van der Waals surface area contributed by atoms with Crippen molar-refractivity contribution >= 4 is 32.7 Å². The second-order valence-electron chi connectivity index (χ2n) is 6.70. The zero-order chi connectivity index (χ0) is 19.7. The third-order valence-electron chi connectivity index (χ3n) is 4.95. The van der Waals surface area contributed by atoms with Crippen LogP contribution in [0.3, 0.4) is 0 Å². The summed E-state index contributed by atoms with van der Waals surface area (Å²) in [5.41, 5.74) is 1.50. The van der Waals surface area contributed by atoms with E-state index in [1.54, 1.807) is 6.07 Å². The Morgan fingerprint density at radius 3 is 2.75 bits per heavy atom. The quantitative estimate of drug-likeness (QED) is 0.496. The second-order valence-corrected chi connectivity index (χ2v) is 7.73. The summed E-state index contributed by atoms with van der Waals surface area (Å²) in [6.45, 7) is 1.90. The molecule has 142 valence electrons.